The predicted molar refractivity (Wildman–Crippen MR) is 86.9 cm³/mol. The molecule has 1 N–H and O–H groups in total. The molecule has 0 radical (unpaired) electrons. The number of hydrogen-bond acceptors (Lipinski definition) is 4. The Kier molecular flexibility index (Phi) is 5.41. The zero-order chi connectivity index (χ0) is 17.0. The number of amides is 2. The van der Waals surface area contributed by atoms with Gasteiger partial charge in [-0.25, -0.2) is 0 Å². The molecule has 0 spiro atoms. The van der Waals surface area contributed by atoms with E-state index in [1.165, 1.54) is 0 Å². The number of rotatable bonds is 5. The van der Waals surface area contributed by atoms with E-state index in [4.69, 9.17) is 4.74 Å². The Morgan fingerprint density at radius 2 is 2.17 bits per heavy atom. The summed E-state index contributed by atoms with van der Waals surface area (Å²) >= 11 is 0. The lowest BCUT2D eigenvalue weighted by molar-refractivity contribution is -0.146. The third kappa shape index (κ3) is 5.35. The molecule has 7 heteroatoms. The second kappa shape index (κ2) is 7.12. The van der Waals surface area contributed by atoms with Gasteiger partial charge in [0.05, 0.1) is 24.1 Å². The van der Waals surface area contributed by atoms with E-state index in [1.807, 2.05) is 27.7 Å². The highest BCUT2D eigenvalue weighted by Gasteiger charge is 2.29. The lowest BCUT2D eigenvalue weighted by Gasteiger charge is -2.38. The monoisotopic (exact) mass is 322 g/mol. The van der Waals surface area contributed by atoms with Crippen LogP contribution in [0.2, 0.25) is 0 Å². The maximum Gasteiger partial charge on any atom is 0.244 e. The molecule has 1 aromatic heterocycles. The van der Waals surface area contributed by atoms with Crippen LogP contribution in [0.5, 0.6) is 0 Å². The van der Waals surface area contributed by atoms with Crippen molar-refractivity contribution in [2.24, 2.45) is 5.92 Å². The Balaban J connectivity index is 1.88. The first-order chi connectivity index (χ1) is 10.7. The number of carbonyl (C=O) groups is 2. The van der Waals surface area contributed by atoms with E-state index in [9.17, 15) is 9.59 Å². The van der Waals surface area contributed by atoms with Crippen LogP contribution in [-0.4, -0.2) is 51.8 Å². The molecule has 1 aliphatic rings. The minimum atomic E-state index is -0.312. The van der Waals surface area contributed by atoms with Crippen molar-refractivity contribution in [1.29, 1.82) is 0 Å². The van der Waals surface area contributed by atoms with Crippen LogP contribution < -0.4 is 5.32 Å². The van der Waals surface area contributed by atoms with Crippen molar-refractivity contribution in [3.8, 4) is 0 Å². The van der Waals surface area contributed by atoms with Crippen LogP contribution in [0.3, 0.4) is 0 Å². The molecule has 0 unspecified atom stereocenters. The molecule has 1 aliphatic heterocycles. The zero-order valence-corrected chi connectivity index (χ0v) is 14.3. The molecule has 0 saturated carbocycles. The summed E-state index contributed by atoms with van der Waals surface area (Å²) < 4.78 is 7.16. The first kappa shape index (κ1) is 17.5. The molecule has 1 aromatic rings. The number of aromatic nitrogens is 2. The number of nitrogens with zero attached hydrogens (tertiary/aromatic N) is 3. The Hall–Kier alpha value is -1.89. The Morgan fingerprint density at radius 1 is 1.43 bits per heavy atom. The van der Waals surface area contributed by atoms with Crippen molar-refractivity contribution < 1.29 is 14.3 Å². The van der Waals surface area contributed by atoms with Crippen LogP contribution in [0.25, 0.3) is 0 Å². The highest BCUT2D eigenvalue weighted by atomic mass is 16.5. The molecule has 2 rings (SSSR count). The highest BCUT2D eigenvalue weighted by molar-refractivity contribution is 5.90. The minimum Gasteiger partial charge on any atom is -0.372 e. The number of ether oxygens (including phenoxy) is 1. The van der Waals surface area contributed by atoms with Gasteiger partial charge in [0.25, 0.3) is 0 Å². The molecule has 2 heterocycles. The molecule has 0 aliphatic carbocycles. The predicted octanol–water partition coefficient (Wildman–Crippen LogP) is 1.51. The van der Waals surface area contributed by atoms with Crippen LogP contribution in [0.15, 0.2) is 12.4 Å². The molecule has 0 atom stereocenters. The topological polar surface area (TPSA) is 76.5 Å². The number of morpholine rings is 1. The van der Waals surface area contributed by atoms with E-state index in [0.717, 1.165) is 0 Å². The van der Waals surface area contributed by atoms with Crippen molar-refractivity contribution >= 4 is 17.5 Å². The van der Waals surface area contributed by atoms with Gasteiger partial charge >= 0.3 is 0 Å². The average Bonchev–Trinajstić information content (AvgIpc) is 2.83. The van der Waals surface area contributed by atoms with E-state index in [0.29, 0.717) is 37.7 Å². The molecule has 2 amide bonds. The molecule has 0 bridgehead atoms. The van der Waals surface area contributed by atoms with Crippen molar-refractivity contribution in [2.75, 3.05) is 25.0 Å². The van der Waals surface area contributed by atoms with Crippen molar-refractivity contribution in [3.05, 3.63) is 12.4 Å². The lowest BCUT2D eigenvalue weighted by atomic mass is 10.1. The van der Waals surface area contributed by atoms with Gasteiger partial charge in [-0.2, -0.15) is 5.10 Å². The summed E-state index contributed by atoms with van der Waals surface area (Å²) in [5, 5.41) is 6.94. The fourth-order valence-electron chi connectivity index (χ4n) is 2.57. The van der Waals surface area contributed by atoms with Crippen molar-refractivity contribution in [3.63, 3.8) is 0 Å². The normalized spacial score (nSPS) is 17.3. The summed E-state index contributed by atoms with van der Waals surface area (Å²) in [5.41, 5.74) is 0.305. The summed E-state index contributed by atoms with van der Waals surface area (Å²) in [4.78, 5) is 25.9. The molecule has 128 valence electrons. The standard InChI is InChI=1S/C16H26N4O3/c1-12(2)7-14(21)18-13-8-17-20(9-13)10-15(22)19-5-6-23-16(3,4)11-19/h8-9,12H,5-7,10-11H2,1-4H3,(H,18,21). The Morgan fingerprint density at radius 3 is 2.83 bits per heavy atom. The average molecular weight is 322 g/mol. The van der Waals surface area contributed by atoms with Gasteiger partial charge in [-0.3, -0.25) is 14.3 Å². The second-order valence-corrected chi connectivity index (χ2v) is 7.00. The van der Waals surface area contributed by atoms with E-state index >= 15 is 0 Å². The molecule has 1 saturated heterocycles. The third-order valence-electron chi connectivity index (χ3n) is 3.59. The third-order valence-corrected chi connectivity index (χ3v) is 3.59. The van der Waals surface area contributed by atoms with Gasteiger partial charge in [0.2, 0.25) is 11.8 Å². The number of anilines is 1. The zero-order valence-electron chi connectivity index (χ0n) is 14.3. The fraction of sp³-hybridized carbons (Fsp3) is 0.688. The van der Waals surface area contributed by atoms with Gasteiger partial charge in [-0.15, -0.1) is 0 Å². The van der Waals surface area contributed by atoms with Crippen LogP contribution in [0, 0.1) is 5.92 Å². The van der Waals surface area contributed by atoms with Gasteiger partial charge in [0.1, 0.15) is 6.54 Å². The van der Waals surface area contributed by atoms with Crippen LogP contribution in [-0.2, 0) is 20.9 Å². The lowest BCUT2D eigenvalue weighted by Crippen LogP contribution is -2.51. The molecule has 23 heavy (non-hydrogen) atoms. The SMILES string of the molecule is CC(C)CC(=O)Nc1cnn(CC(=O)N2CCOC(C)(C)C2)c1. The van der Waals surface area contributed by atoms with E-state index < -0.39 is 0 Å². The van der Waals surface area contributed by atoms with E-state index in [1.54, 1.807) is 22.0 Å². The number of nitrogens with one attached hydrogen (secondary N) is 1. The summed E-state index contributed by atoms with van der Waals surface area (Å²) in [6.07, 6.45) is 3.71. The van der Waals surface area contributed by atoms with Crippen LogP contribution >= 0.6 is 0 Å². The van der Waals surface area contributed by atoms with Crippen molar-refractivity contribution in [1.82, 2.24) is 14.7 Å². The van der Waals surface area contributed by atoms with Gasteiger partial charge in [-0.05, 0) is 19.8 Å². The fourth-order valence-corrected chi connectivity index (χ4v) is 2.57. The molecule has 0 aromatic carbocycles. The summed E-state index contributed by atoms with van der Waals surface area (Å²) in [7, 11) is 0. The smallest absolute Gasteiger partial charge is 0.244 e. The summed E-state index contributed by atoms with van der Waals surface area (Å²) in [6.45, 7) is 9.82. The quantitative estimate of drug-likeness (QED) is 0.891. The highest BCUT2D eigenvalue weighted by Crippen LogP contribution is 2.17. The molecule has 1 fully saturated rings. The van der Waals surface area contributed by atoms with Gasteiger partial charge < -0.3 is 15.0 Å². The Labute approximate surface area is 137 Å². The van der Waals surface area contributed by atoms with Gasteiger partial charge in [-0.1, -0.05) is 13.8 Å². The molecular formula is C16H26N4O3. The molecule has 7 nitrogen and oxygen atoms in total. The number of hydrogen-bond donors (Lipinski definition) is 1. The van der Waals surface area contributed by atoms with Gasteiger partial charge in [0, 0.05) is 25.7 Å². The van der Waals surface area contributed by atoms with Crippen LogP contribution in [0.1, 0.15) is 34.1 Å². The van der Waals surface area contributed by atoms with Crippen LogP contribution in [0.4, 0.5) is 5.69 Å². The number of carbonyl (C=O) groups excluding carboxylic acids is 2. The second-order valence-electron chi connectivity index (χ2n) is 7.00. The first-order valence-corrected chi connectivity index (χ1v) is 7.99. The first-order valence-electron chi connectivity index (χ1n) is 7.99. The van der Waals surface area contributed by atoms with E-state index in [-0.39, 0.29) is 24.0 Å². The maximum absolute atomic E-state index is 12.4. The summed E-state index contributed by atoms with van der Waals surface area (Å²) in [5.74, 6) is 0.265. The Bertz CT molecular complexity index is 565. The minimum absolute atomic E-state index is 0.00420. The molecular weight excluding hydrogens is 296 g/mol. The summed E-state index contributed by atoms with van der Waals surface area (Å²) in [6, 6.07) is 0. The largest absolute Gasteiger partial charge is 0.372 e. The maximum atomic E-state index is 12.4. The van der Waals surface area contributed by atoms with E-state index in [2.05, 4.69) is 10.4 Å². The van der Waals surface area contributed by atoms with Gasteiger partial charge in [0.15, 0.2) is 0 Å². The van der Waals surface area contributed by atoms with Crippen molar-refractivity contribution in [2.45, 2.75) is 46.3 Å².